The van der Waals surface area contributed by atoms with Gasteiger partial charge in [-0.1, -0.05) is 12.1 Å². The molecule has 0 radical (unpaired) electrons. The van der Waals surface area contributed by atoms with E-state index in [1.165, 1.54) is 0 Å². The Labute approximate surface area is 113 Å². The van der Waals surface area contributed by atoms with E-state index in [1.54, 1.807) is 43.3 Å². The second-order valence-corrected chi connectivity index (χ2v) is 4.21. The van der Waals surface area contributed by atoms with Crippen molar-refractivity contribution in [2.24, 2.45) is 0 Å². The molecule has 102 valence electrons. The number of carbonyl (C=O) groups excluding carboxylic acids is 1. The number of ether oxygens (including phenoxy) is 2. The Morgan fingerprint density at radius 3 is 2.79 bits per heavy atom. The molecule has 5 nitrogen and oxygen atoms in total. The summed E-state index contributed by atoms with van der Waals surface area (Å²) in [6, 6.07) is 8.83. The molecule has 1 rings (SSSR count). The number of carbonyl (C=O) groups is 1. The van der Waals surface area contributed by atoms with Gasteiger partial charge in [0, 0.05) is 14.2 Å². The predicted molar refractivity (Wildman–Crippen MR) is 70.8 cm³/mol. The van der Waals surface area contributed by atoms with Crippen molar-refractivity contribution in [2.45, 2.75) is 13.0 Å². The van der Waals surface area contributed by atoms with Gasteiger partial charge < -0.3 is 14.4 Å². The van der Waals surface area contributed by atoms with Gasteiger partial charge >= 0.3 is 0 Å². The molecule has 1 aromatic carbocycles. The van der Waals surface area contributed by atoms with Gasteiger partial charge in [0.15, 0.2) is 6.61 Å². The maximum absolute atomic E-state index is 11.9. The van der Waals surface area contributed by atoms with Crippen molar-refractivity contribution in [3.63, 3.8) is 0 Å². The third kappa shape index (κ3) is 4.27. The number of methoxy groups -OCH3 is 1. The number of para-hydroxylation sites is 1. The topological polar surface area (TPSA) is 62.6 Å². The lowest BCUT2D eigenvalue weighted by Gasteiger charge is -2.24. The standard InChI is InChI=1S/C14H18N2O3/c1-11(9-18-3)16(2)14(17)10-19-13-7-5-4-6-12(13)8-15/h4-7,11H,9-10H2,1-3H3. The molecular formula is C14H18N2O3. The molecule has 0 spiro atoms. The summed E-state index contributed by atoms with van der Waals surface area (Å²) in [5, 5.41) is 8.91. The van der Waals surface area contributed by atoms with Crippen molar-refractivity contribution in [1.82, 2.24) is 4.90 Å². The van der Waals surface area contributed by atoms with Crippen molar-refractivity contribution in [2.75, 3.05) is 27.4 Å². The molecule has 0 aliphatic heterocycles. The Balaban J connectivity index is 2.57. The summed E-state index contributed by atoms with van der Waals surface area (Å²) in [6.45, 7) is 2.27. The molecule has 0 aromatic heterocycles. The smallest absolute Gasteiger partial charge is 0.260 e. The lowest BCUT2D eigenvalue weighted by Crippen LogP contribution is -2.40. The maximum atomic E-state index is 11.9. The summed E-state index contributed by atoms with van der Waals surface area (Å²) in [4.78, 5) is 13.5. The molecule has 0 aliphatic carbocycles. The van der Waals surface area contributed by atoms with Gasteiger partial charge in [0.25, 0.3) is 5.91 Å². The molecule has 0 N–H and O–H groups in total. The van der Waals surface area contributed by atoms with E-state index in [9.17, 15) is 4.79 Å². The van der Waals surface area contributed by atoms with Crippen LogP contribution in [0.4, 0.5) is 0 Å². The highest BCUT2D eigenvalue weighted by Gasteiger charge is 2.16. The number of nitriles is 1. The zero-order valence-corrected chi connectivity index (χ0v) is 11.4. The SMILES string of the molecule is COCC(C)N(C)C(=O)COc1ccccc1C#N. The zero-order valence-electron chi connectivity index (χ0n) is 11.4. The molecule has 0 bridgehead atoms. The van der Waals surface area contributed by atoms with E-state index in [4.69, 9.17) is 14.7 Å². The summed E-state index contributed by atoms with van der Waals surface area (Å²) >= 11 is 0. The number of benzene rings is 1. The van der Waals surface area contributed by atoms with E-state index in [1.807, 2.05) is 13.0 Å². The number of likely N-dealkylation sites (N-methyl/N-ethyl adjacent to an activating group) is 1. The number of hydrogen-bond donors (Lipinski definition) is 0. The van der Waals surface area contributed by atoms with Crippen molar-refractivity contribution in [3.8, 4) is 11.8 Å². The fourth-order valence-corrected chi connectivity index (χ4v) is 1.52. The maximum Gasteiger partial charge on any atom is 0.260 e. The quantitative estimate of drug-likeness (QED) is 0.778. The van der Waals surface area contributed by atoms with Gasteiger partial charge in [-0.05, 0) is 19.1 Å². The fraction of sp³-hybridized carbons (Fsp3) is 0.429. The minimum Gasteiger partial charge on any atom is -0.482 e. The highest BCUT2D eigenvalue weighted by Crippen LogP contribution is 2.16. The van der Waals surface area contributed by atoms with E-state index < -0.39 is 0 Å². The first-order valence-corrected chi connectivity index (χ1v) is 5.96. The first kappa shape index (κ1) is 15.0. The molecule has 19 heavy (non-hydrogen) atoms. The molecule has 1 aromatic rings. The van der Waals surface area contributed by atoms with Crippen LogP contribution >= 0.6 is 0 Å². The van der Waals surface area contributed by atoms with Crippen LogP contribution in [-0.2, 0) is 9.53 Å². The van der Waals surface area contributed by atoms with Gasteiger partial charge in [0.1, 0.15) is 11.8 Å². The Hall–Kier alpha value is -2.06. The Kier molecular flexibility index (Phi) is 5.83. The normalized spacial score (nSPS) is 11.5. The highest BCUT2D eigenvalue weighted by atomic mass is 16.5. The fourth-order valence-electron chi connectivity index (χ4n) is 1.52. The zero-order chi connectivity index (χ0) is 14.3. The third-order valence-corrected chi connectivity index (χ3v) is 2.82. The second-order valence-electron chi connectivity index (χ2n) is 4.21. The van der Waals surface area contributed by atoms with Crippen molar-refractivity contribution < 1.29 is 14.3 Å². The molecular weight excluding hydrogens is 244 g/mol. The van der Waals surface area contributed by atoms with E-state index in [0.717, 1.165) is 0 Å². The van der Waals surface area contributed by atoms with Crippen LogP contribution in [0, 0.1) is 11.3 Å². The second kappa shape index (κ2) is 7.39. The third-order valence-electron chi connectivity index (χ3n) is 2.82. The van der Waals surface area contributed by atoms with Gasteiger partial charge in [-0.15, -0.1) is 0 Å². The summed E-state index contributed by atoms with van der Waals surface area (Å²) in [5.74, 6) is 0.267. The summed E-state index contributed by atoms with van der Waals surface area (Å²) in [7, 11) is 3.29. The number of amides is 1. The van der Waals surface area contributed by atoms with Crippen LogP contribution in [-0.4, -0.2) is 44.2 Å². The van der Waals surface area contributed by atoms with Crippen molar-refractivity contribution in [1.29, 1.82) is 5.26 Å². The Morgan fingerprint density at radius 1 is 1.47 bits per heavy atom. The predicted octanol–water partition coefficient (Wildman–Crippen LogP) is 1.43. The molecule has 0 heterocycles. The largest absolute Gasteiger partial charge is 0.482 e. The average Bonchev–Trinajstić information content (AvgIpc) is 2.44. The van der Waals surface area contributed by atoms with E-state index in [-0.39, 0.29) is 18.6 Å². The van der Waals surface area contributed by atoms with Crippen molar-refractivity contribution >= 4 is 5.91 Å². The molecule has 1 amide bonds. The van der Waals surface area contributed by atoms with Crippen LogP contribution in [0.3, 0.4) is 0 Å². The van der Waals surface area contributed by atoms with Gasteiger partial charge in [-0.25, -0.2) is 0 Å². The van der Waals surface area contributed by atoms with Gasteiger partial charge in [-0.3, -0.25) is 4.79 Å². The lowest BCUT2D eigenvalue weighted by atomic mass is 10.2. The molecule has 1 unspecified atom stereocenters. The van der Waals surface area contributed by atoms with Gasteiger partial charge in [0.2, 0.25) is 0 Å². The lowest BCUT2D eigenvalue weighted by molar-refractivity contribution is -0.134. The van der Waals surface area contributed by atoms with E-state index in [0.29, 0.717) is 17.9 Å². The Bertz CT molecular complexity index is 468. The molecule has 0 saturated heterocycles. The minimum absolute atomic E-state index is 0.0210. The van der Waals surface area contributed by atoms with Crippen molar-refractivity contribution in [3.05, 3.63) is 29.8 Å². The molecule has 0 aliphatic rings. The first-order valence-electron chi connectivity index (χ1n) is 5.96. The van der Waals surface area contributed by atoms with Gasteiger partial charge in [0.05, 0.1) is 18.2 Å². The summed E-state index contributed by atoms with van der Waals surface area (Å²) < 4.78 is 10.4. The summed E-state index contributed by atoms with van der Waals surface area (Å²) in [5.41, 5.74) is 0.419. The Morgan fingerprint density at radius 2 is 2.16 bits per heavy atom. The first-order chi connectivity index (χ1) is 9.10. The summed E-state index contributed by atoms with van der Waals surface area (Å²) in [6.07, 6.45) is 0. The molecule has 0 saturated carbocycles. The van der Waals surface area contributed by atoms with Crippen LogP contribution in [0.1, 0.15) is 12.5 Å². The minimum atomic E-state index is -0.155. The average molecular weight is 262 g/mol. The van der Waals surface area contributed by atoms with E-state index in [2.05, 4.69) is 0 Å². The number of rotatable bonds is 6. The van der Waals surface area contributed by atoms with Gasteiger partial charge in [-0.2, -0.15) is 5.26 Å². The number of hydrogen-bond acceptors (Lipinski definition) is 4. The highest BCUT2D eigenvalue weighted by molar-refractivity contribution is 5.77. The molecule has 5 heteroatoms. The van der Waals surface area contributed by atoms with Crippen LogP contribution in [0.5, 0.6) is 5.75 Å². The van der Waals surface area contributed by atoms with E-state index >= 15 is 0 Å². The van der Waals surface area contributed by atoms with Crippen LogP contribution in [0.25, 0.3) is 0 Å². The monoisotopic (exact) mass is 262 g/mol. The van der Waals surface area contributed by atoms with Crippen LogP contribution < -0.4 is 4.74 Å². The molecule has 1 atom stereocenters. The number of nitrogens with zero attached hydrogens (tertiary/aromatic N) is 2. The van der Waals surface area contributed by atoms with Crippen LogP contribution in [0.2, 0.25) is 0 Å². The van der Waals surface area contributed by atoms with Crippen LogP contribution in [0.15, 0.2) is 24.3 Å². The molecule has 0 fully saturated rings.